The van der Waals surface area contributed by atoms with E-state index in [4.69, 9.17) is 19.2 Å². The van der Waals surface area contributed by atoms with Crippen LogP contribution in [-0.2, 0) is 27.4 Å². The molecular weight excluding hydrogens is 403 g/mol. The van der Waals surface area contributed by atoms with Gasteiger partial charge in [0.1, 0.15) is 36.5 Å². The van der Waals surface area contributed by atoms with Crippen LogP contribution in [0.15, 0.2) is 65.7 Å². The number of thioether (sulfide) groups is 1. The van der Waals surface area contributed by atoms with E-state index in [0.717, 1.165) is 16.3 Å². The summed E-state index contributed by atoms with van der Waals surface area (Å²) in [6.45, 7) is 0.146. The Labute approximate surface area is 181 Å². The first-order chi connectivity index (χ1) is 14.7. The molecule has 0 N–H and O–H groups in total. The SMILES string of the molecule is CN(C)C1=N[C@@H]2[C@@H](OCc3ccccc3)[C@H](OCc3ccccc3)[C@@H](CF)O[C@@H]2S1. The van der Waals surface area contributed by atoms with Gasteiger partial charge >= 0.3 is 0 Å². The molecule has 1 fully saturated rings. The van der Waals surface area contributed by atoms with Crippen LogP contribution in [0.25, 0.3) is 0 Å². The molecule has 160 valence electrons. The normalized spacial score (nSPS) is 28.1. The van der Waals surface area contributed by atoms with Crippen molar-refractivity contribution in [3.05, 3.63) is 71.8 Å². The average Bonchev–Trinajstić information content (AvgIpc) is 3.21. The monoisotopic (exact) mass is 430 g/mol. The molecule has 5 nitrogen and oxygen atoms in total. The highest BCUT2D eigenvalue weighted by atomic mass is 32.2. The van der Waals surface area contributed by atoms with E-state index in [-0.39, 0.29) is 11.5 Å². The van der Waals surface area contributed by atoms with Gasteiger partial charge in [0, 0.05) is 14.1 Å². The number of rotatable bonds is 7. The number of alkyl halides is 1. The number of hydrogen-bond donors (Lipinski definition) is 0. The van der Waals surface area contributed by atoms with Gasteiger partial charge in [-0.15, -0.1) is 0 Å². The highest BCUT2D eigenvalue weighted by Gasteiger charge is 2.51. The summed E-state index contributed by atoms with van der Waals surface area (Å²) in [5.74, 6) is 0. The van der Waals surface area contributed by atoms with Gasteiger partial charge in [-0.25, -0.2) is 4.39 Å². The smallest absolute Gasteiger partial charge is 0.161 e. The summed E-state index contributed by atoms with van der Waals surface area (Å²) in [7, 11) is 3.89. The van der Waals surface area contributed by atoms with Crippen molar-refractivity contribution in [2.75, 3.05) is 20.8 Å². The fourth-order valence-corrected chi connectivity index (χ4v) is 4.81. The van der Waals surface area contributed by atoms with E-state index in [1.165, 1.54) is 11.8 Å². The van der Waals surface area contributed by atoms with Crippen molar-refractivity contribution in [1.29, 1.82) is 0 Å². The minimum atomic E-state index is -0.694. The summed E-state index contributed by atoms with van der Waals surface area (Å²) in [6, 6.07) is 19.6. The van der Waals surface area contributed by atoms with Gasteiger partial charge in [0.05, 0.1) is 13.2 Å². The predicted molar refractivity (Wildman–Crippen MR) is 117 cm³/mol. The van der Waals surface area contributed by atoms with E-state index in [1.54, 1.807) is 0 Å². The average molecular weight is 431 g/mol. The summed E-state index contributed by atoms with van der Waals surface area (Å²) in [4.78, 5) is 6.78. The van der Waals surface area contributed by atoms with E-state index in [9.17, 15) is 4.39 Å². The lowest BCUT2D eigenvalue weighted by Crippen LogP contribution is -2.57. The second-order valence-corrected chi connectivity index (χ2v) is 8.70. The molecule has 4 rings (SSSR count). The van der Waals surface area contributed by atoms with Crippen molar-refractivity contribution in [2.45, 2.75) is 43.0 Å². The Kier molecular flexibility index (Phi) is 7.04. The quantitative estimate of drug-likeness (QED) is 0.667. The van der Waals surface area contributed by atoms with Crippen molar-refractivity contribution >= 4 is 16.9 Å². The van der Waals surface area contributed by atoms with Crippen molar-refractivity contribution in [1.82, 2.24) is 4.90 Å². The van der Waals surface area contributed by atoms with Crippen molar-refractivity contribution in [3.63, 3.8) is 0 Å². The maximum Gasteiger partial charge on any atom is 0.161 e. The second kappa shape index (κ2) is 9.92. The van der Waals surface area contributed by atoms with E-state index < -0.39 is 25.0 Å². The molecule has 2 aromatic carbocycles. The second-order valence-electron chi connectivity index (χ2n) is 7.63. The lowest BCUT2D eigenvalue weighted by atomic mass is 9.98. The molecule has 1 saturated heterocycles. The van der Waals surface area contributed by atoms with Gasteiger partial charge < -0.3 is 19.1 Å². The van der Waals surface area contributed by atoms with Gasteiger partial charge in [0.2, 0.25) is 0 Å². The Balaban J connectivity index is 1.56. The van der Waals surface area contributed by atoms with Crippen LogP contribution in [0.3, 0.4) is 0 Å². The fraction of sp³-hybridized carbons (Fsp3) is 0.435. The lowest BCUT2D eigenvalue weighted by Gasteiger charge is -2.41. The van der Waals surface area contributed by atoms with Crippen LogP contribution in [0.5, 0.6) is 0 Å². The molecule has 5 atom stereocenters. The summed E-state index contributed by atoms with van der Waals surface area (Å²) in [5.41, 5.74) is 1.81. The molecule has 2 aromatic rings. The summed E-state index contributed by atoms with van der Waals surface area (Å²) < 4.78 is 32.6. The molecule has 0 saturated carbocycles. The Morgan fingerprint density at radius 3 is 2.03 bits per heavy atom. The molecule has 2 aliphatic heterocycles. The summed E-state index contributed by atoms with van der Waals surface area (Å²) in [6.07, 6.45) is -1.65. The van der Waals surface area contributed by atoms with E-state index in [1.807, 2.05) is 79.7 Å². The third kappa shape index (κ3) is 4.86. The molecule has 30 heavy (non-hydrogen) atoms. The number of ether oxygens (including phenoxy) is 3. The third-order valence-electron chi connectivity index (χ3n) is 5.20. The van der Waals surface area contributed by atoms with Crippen LogP contribution >= 0.6 is 11.8 Å². The number of fused-ring (bicyclic) bond motifs is 1. The molecule has 0 radical (unpaired) electrons. The number of aliphatic imine (C=N–C) groups is 1. The van der Waals surface area contributed by atoms with Gasteiger partial charge in [-0.2, -0.15) is 0 Å². The first-order valence-corrected chi connectivity index (χ1v) is 11.0. The Morgan fingerprint density at radius 1 is 0.933 bits per heavy atom. The minimum absolute atomic E-state index is 0.250. The molecular formula is C23H27FN2O3S. The molecule has 0 aromatic heterocycles. The molecule has 2 heterocycles. The van der Waals surface area contributed by atoms with Crippen molar-refractivity contribution in [2.24, 2.45) is 4.99 Å². The zero-order valence-electron chi connectivity index (χ0n) is 17.2. The molecule has 0 aliphatic carbocycles. The van der Waals surface area contributed by atoms with Crippen LogP contribution in [0.1, 0.15) is 11.1 Å². The number of nitrogens with zero attached hydrogens (tertiary/aromatic N) is 2. The Hall–Kier alpha value is -1.93. The Bertz CT molecular complexity index is 837. The number of benzene rings is 2. The van der Waals surface area contributed by atoms with Crippen molar-refractivity contribution < 1.29 is 18.6 Å². The van der Waals surface area contributed by atoms with Crippen LogP contribution in [0, 0.1) is 0 Å². The lowest BCUT2D eigenvalue weighted by molar-refractivity contribution is -0.200. The van der Waals surface area contributed by atoms with Crippen LogP contribution < -0.4 is 0 Å². The molecule has 7 heteroatoms. The van der Waals surface area contributed by atoms with Gasteiger partial charge in [0.25, 0.3) is 0 Å². The van der Waals surface area contributed by atoms with E-state index in [2.05, 4.69) is 0 Å². The zero-order valence-corrected chi connectivity index (χ0v) is 18.0. The molecule has 2 aliphatic rings. The number of hydrogen-bond acceptors (Lipinski definition) is 6. The standard InChI is InChI=1S/C23H27FN2O3S/c1-26(2)23-25-19-21(28-15-17-11-7-4-8-12-17)20(18(13-24)29-22(19)30-23)27-14-16-9-5-3-6-10-16/h3-12,18-22H,13-15H2,1-2H3/t18-,19-,20-,21-,22-/m1/s1. The fourth-order valence-electron chi connectivity index (χ4n) is 3.66. The number of halogens is 1. The van der Waals surface area contributed by atoms with Gasteiger partial charge in [-0.1, -0.05) is 72.4 Å². The topological polar surface area (TPSA) is 43.3 Å². The molecule has 0 unspecified atom stereocenters. The zero-order chi connectivity index (χ0) is 20.9. The first-order valence-electron chi connectivity index (χ1n) is 10.1. The van der Waals surface area contributed by atoms with Crippen LogP contribution in [0.4, 0.5) is 4.39 Å². The first kappa shape index (κ1) is 21.3. The van der Waals surface area contributed by atoms with E-state index in [0.29, 0.717) is 13.2 Å². The summed E-state index contributed by atoms with van der Waals surface area (Å²) >= 11 is 1.52. The summed E-state index contributed by atoms with van der Waals surface area (Å²) in [5, 5.41) is 0.861. The van der Waals surface area contributed by atoms with Gasteiger partial charge in [-0.05, 0) is 11.1 Å². The van der Waals surface area contributed by atoms with Gasteiger partial charge in [-0.3, -0.25) is 4.99 Å². The minimum Gasteiger partial charge on any atom is -0.368 e. The number of amidine groups is 1. The molecule has 0 bridgehead atoms. The molecule has 0 spiro atoms. The van der Waals surface area contributed by atoms with Crippen molar-refractivity contribution in [3.8, 4) is 0 Å². The molecule has 0 amide bonds. The Morgan fingerprint density at radius 2 is 1.50 bits per heavy atom. The maximum absolute atomic E-state index is 14.0. The largest absolute Gasteiger partial charge is 0.368 e. The predicted octanol–water partition coefficient (Wildman–Crippen LogP) is 3.88. The van der Waals surface area contributed by atoms with Gasteiger partial charge in [0.15, 0.2) is 5.17 Å². The third-order valence-corrected chi connectivity index (χ3v) is 6.50. The highest BCUT2D eigenvalue weighted by molar-refractivity contribution is 8.14. The van der Waals surface area contributed by atoms with E-state index >= 15 is 0 Å². The van der Waals surface area contributed by atoms with Crippen LogP contribution in [0.2, 0.25) is 0 Å². The maximum atomic E-state index is 14.0. The highest BCUT2D eigenvalue weighted by Crippen LogP contribution is 2.39. The van der Waals surface area contributed by atoms with Crippen LogP contribution in [-0.4, -0.2) is 60.6 Å².